The van der Waals surface area contributed by atoms with Crippen molar-refractivity contribution in [1.82, 2.24) is 0 Å². The van der Waals surface area contributed by atoms with Gasteiger partial charge in [-0.25, -0.2) is 0 Å². The third-order valence-corrected chi connectivity index (χ3v) is 4.43. The summed E-state index contributed by atoms with van der Waals surface area (Å²) in [6, 6.07) is 0. The van der Waals surface area contributed by atoms with Gasteiger partial charge in [-0.15, -0.1) is 0 Å². The Hall–Kier alpha value is 0.190. The lowest BCUT2D eigenvalue weighted by Gasteiger charge is -2.24. The first-order valence-corrected chi connectivity index (χ1v) is 4.97. The van der Waals surface area contributed by atoms with Crippen LogP contribution in [0.5, 0.6) is 0 Å². The van der Waals surface area contributed by atoms with Crippen molar-refractivity contribution in [2.75, 3.05) is 6.16 Å². The molecule has 1 N–H and O–H groups in total. The van der Waals surface area contributed by atoms with Gasteiger partial charge in [-0.1, -0.05) is 42.5 Å². The van der Waals surface area contributed by atoms with E-state index in [1.165, 1.54) is 0 Å². The fourth-order valence-corrected chi connectivity index (χ4v) is 1.42. The van der Waals surface area contributed by atoms with Crippen molar-refractivity contribution in [3.63, 3.8) is 0 Å². The van der Waals surface area contributed by atoms with Gasteiger partial charge in [0.15, 0.2) is 0 Å². The normalized spacial score (nSPS) is 15.7. The molecule has 1 atom stereocenters. The molecule has 0 amide bonds. The van der Waals surface area contributed by atoms with E-state index in [0.717, 1.165) is 0 Å². The Morgan fingerprint density at radius 2 is 1.55 bits per heavy atom. The first-order valence-electron chi connectivity index (χ1n) is 3.13. The topological polar surface area (TPSA) is 37.3 Å². The van der Waals surface area contributed by atoms with Gasteiger partial charge in [0.1, 0.15) is 0 Å². The molecule has 0 aliphatic rings. The second-order valence-electron chi connectivity index (χ2n) is 3.19. The molecule has 3 heteroatoms. The maximum Gasteiger partial charge on any atom is 0.205 e. The maximum absolute atomic E-state index is 11.2. The minimum atomic E-state index is -2.86. The fraction of sp³-hybridized carbons (Fsp3) is 1.00. The molecule has 0 aromatic rings. The first-order chi connectivity index (χ1) is 3.81. The van der Waals surface area contributed by atoms with Crippen LogP contribution in [-0.4, -0.2) is 16.2 Å². The summed E-state index contributed by atoms with van der Waals surface area (Å²) in [5, 5.41) is -0.443. The molecule has 0 spiro atoms. The van der Waals surface area contributed by atoms with E-state index < -0.39 is 12.5 Å². The average Bonchev–Trinajstić information content (AvgIpc) is 1.64. The number of hydrogen-bond donors (Lipinski definition) is 1. The van der Waals surface area contributed by atoms with Crippen LogP contribution in [0.1, 0.15) is 42.5 Å². The largest absolute Gasteiger partial charge is 0.344 e. The highest BCUT2D eigenvalue weighted by molar-refractivity contribution is 7.59. The zero-order chi connectivity index (χ0) is 7.71. The van der Waals surface area contributed by atoms with E-state index in [0.29, 0.717) is 6.16 Å². The summed E-state index contributed by atoms with van der Waals surface area (Å²) in [5.41, 5.74) is 0. The Bertz CT molecular complexity index is 136. The summed E-state index contributed by atoms with van der Waals surface area (Å²) in [7, 11) is -2.86. The van der Waals surface area contributed by atoms with Crippen molar-refractivity contribution >= 4 is 7.37 Å². The summed E-state index contributed by atoms with van der Waals surface area (Å²) < 4.78 is 11.2. The maximum atomic E-state index is 11.2. The molecule has 0 heterocycles. The van der Waals surface area contributed by atoms with Gasteiger partial charge in [0.2, 0.25) is 7.37 Å². The molecule has 0 fully saturated rings. The minimum Gasteiger partial charge on any atom is -0.344 e. The predicted molar refractivity (Wildman–Crippen MR) is 53.6 cm³/mol. The summed E-state index contributed by atoms with van der Waals surface area (Å²) in [4.78, 5) is 9.22. The van der Waals surface area contributed by atoms with Gasteiger partial charge in [-0.2, -0.15) is 0 Å². The van der Waals surface area contributed by atoms with E-state index in [2.05, 4.69) is 0 Å². The summed E-state index contributed by atoms with van der Waals surface area (Å²) in [6.45, 7) is 7.11. The van der Waals surface area contributed by atoms with Crippen LogP contribution in [0.2, 0.25) is 0 Å². The molecule has 1 unspecified atom stereocenters. The van der Waals surface area contributed by atoms with E-state index in [1.54, 1.807) is 27.7 Å². The molecule has 0 aromatic heterocycles. The molecule has 0 radical (unpaired) electrons. The Morgan fingerprint density at radius 3 is 1.55 bits per heavy atom. The lowest BCUT2D eigenvalue weighted by Crippen LogP contribution is -2.15. The van der Waals surface area contributed by atoms with E-state index >= 15 is 0 Å². The van der Waals surface area contributed by atoms with Gasteiger partial charge in [0, 0.05) is 11.3 Å². The monoisotopic (exact) mass is 182 g/mol. The minimum absolute atomic E-state index is 0. The molecule has 11 heavy (non-hydrogen) atoms. The van der Waals surface area contributed by atoms with Gasteiger partial charge in [-0.3, -0.25) is 4.57 Å². The molecule has 0 aliphatic carbocycles. The molecular formula is C8H23O2P. The van der Waals surface area contributed by atoms with Crippen molar-refractivity contribution in [3.8, 4) is 0 Å². The van der Waals surface area contributed by atoms with Gasteiger partial charge in [-0.05, 0) is 0 Å². The molecule has 2 nitrogen and oxygen atoms in total. The number of hydrogen-bond acceptors (Lipinski definition) is 1. The molecule has 0 saturated carbocycles. The Kier molecular flexibility index (Phi) is 7.79. The zero-order valence-electron chi connectivity index (χ0n) is 6.51. The standard InChI is InChI=1S/C6H15O2P.2CH4/c1-5-9(7,8)6(2,3)4;;/h5H2,1-4H3,(H,7,8);2*1H4. The highest BCUT2D eigenvalue weighted by Crippen LogP contribution is 2.53. The summed E-state index contributed by atoms with van der Waals surface area (Å²) in [5.74, 6) is 0. The fourth-order valence-electron chi connectivity index (χ4n) is 0.474. The summed E-state index contributed by atoms with van der Waals surface area (Å²) >= 11 is 0. The summed E-state index contributed by atoms with van der Waals surface area (Å²) in [6.07, 6.45) is 0.372. The van der Waals surface area contributed by atoms with E-state index in [1.807, 2.05) is 0 Å². The molecular weight excluding hydrogens is 159 g/mol. The van der Waals surface area contributed by atoms with Crippen LogP contribution in [0.15, 0.2) is 0 Å². The van der Waals surface area contributed by atoms with Gasteiger partial charge in [0.05, 0.1) is 0 Å². The Morgan fingerprint density at radius 1 is 1.27 bits per heavy atom. The lowest BCUT2D eigenvalue weighted by atomic mass is 10.3. The third-order valence-electron chi connectivity index (χ3n) is 1.48. The second kappa shape index (κ2) is 4.95. The van der Waals surface area contributed by atoms with Crippen LogP contribution in [0.4, 0.5) is 0 Å². The van der Waals surface area contributed by atoms with E-state index in [4.69, 9.17) is 0 Å². The van der Waals surface area contributed by atoms with Crippen LogP contribution >= 0.6 is 7.37 Å². The van der Waals surface area contributed by atoms with E-state index in [9.17, 15) is 9.46 Å². The smallest absolute Gasteiger partial charge is 0.205 e. The van der Waals surface area contributed by atoms with Crippen LogP contribution in [0, 0.1) is 0 Å². The van der Waals surface area contributed by atoms with Gasteiger partial charge < -0.3 is 4.89 Å². The van der Waals surface area contributed by atoms with Crippen LogP contribution in [0.3, 0.4) is 0 Å². The molecule has 0 rings (SSSR count). The van der Waals surface area contributed by atoms with Gasteiger partial charge in [0.25, 0.3) is 0 Å². The SMILES string of the molecule is C.C.CCP(=O)(O)C(C)(C)C. The Balaban J connectivity index is -0.000000320. The zero-order valence-corrected chi connectivity index (χ0v) is 7.40. The quantitative estimate of drug-likeness (QED) is 0.631. The predicted octanol–water partition coefficient (Wildman–Crippen LogP) is 3.35. The highest BCUT2D eigenvalue weighted by atomic mass is 31.2. The first kappa shape index (κ1) is 17.3. The molecule has 72 valence electrons. The molecule has 0 aromatic carbocycles. The number of rotatable bonds is 1. The lowest BCUT2D eigenvalue weighted by molar-refractivity contribution is 0.446. The van der Waals surface area contributed by atoms with Crippen molar-refractivity contribution in [1.29, 1.82) is 0 Å². The molecule has 0 saturated heterocycles. The van der Waals surface area contributed by atoms with E-state index in [-0.39, 0.29) is 14.9 Å². The van der Waals surface area contributed by atoms with Crippen LogP contribution in [-0.2, 0) is 4.57 Å². The average molecular weight is 182 g/mol. The Labute approximate surface area is 71.5 Å². The van der Waals surface area contributed by atoms with Gasteiger partial charge >= 0.3 is 0 Å². The highest BCUT2D eigenvalue weighted by Gasteiger charge is 2.31. The van der Waals surface area contributed by atoms with Crippen molar-refractivity contribution < 1.29 is 9.46 Å². The third kappa shape index (κ3) is 4.60. The second-order valence-corrected chi connectivity index (χ2v) is 6.57. The van der Waals surface area contributed by atoms with Crippen LogP contribution < -0.4 is 0 Å². The van der Waals surface area contributed by atoms with Crippen molar-refractivity contribution in [2.45, 2.75) is 47.7 Å². The van der Waals surface area contributed by atoms with Crippen molar-refractivity contribution in [3.05, 3.63) is 0 Å². The molecule has 0 bridgehead atoms. The molecule has 0 aliphatic heterocycles. The van der Waals surface area contributed by atoms with Crippen LogP contribution in [0.25, 0.3) is 0 Å². The van der Waals surface area contributed by atoms with Crippen molar-refractivity contribution in [2.24, 2.45) is 0 Å².